The van der Waals surface area contributed by atoms with Gasteiger partial charge in [-0.15, -0.1) is 0 Å². The molecule has 0 unspecified atom stereocenters. The molecule has 0 saturated heterocycles. The summed E-state index contributed by atoms with van der Waals surface area (Å²) in [4.78, 5) is 29.8. The van der Waals surface area contributed by atoms with Crippen LogP contribution >= 0.6 is 7.60 Å². The number of nitrogens with two attached hydrogens (primary N) is 1. The lowest BCUT2D eigenvalue weighted by Gasteiger charge is -2.05. The minimum Gasteiger partial charge on any atom is -0.382 e. The highest BCUT2D eigenvalue weighted by molar-refractivity contribution is 7.51. The van der Waals surface area contributed by atoms with Crippen molar-refractivity contribution in [2.24, 2.45) is 0 Å². The third kappa shape index (κ3) is 4.77. The van der Waals surface area contributed by atoms with E-state index in [4.69, 9.17) is 15.5 Å². The summed E-state index contributed by atoms with van der Waals surface area (Å²) in [5.41, 5.74) is 7.09. The first-order valence-corrected chi connectivity index (χ1v) is 8.73. The quantitative estimate of drug-likeness (QED) is 0.498. The van der Waals surface area contributed by atoms with Crippen LogP contribution in [0.1, 0.15) is 32.1 Å². The molecule has 0 amide bonds. The van der Waals surface area contributed by atoms with Gasteiger partial charge in [0.2, 0.25) is 0 Å². The molecule has 0 bridgehead atoms. The van der Waals surface area contributed by atoms with Gasteiger partial charge in [-0.05, 0) is 12.8 Å². The SMILES string of the molecule is Nc1ncnc2c1ncn2CCCCCCCP(=O)(O)O. The van der Waals surface area contributed by atoms with Gasteiger partial charge in [0.05, 0.1) is 6.33 Å². The Morgan fingerprint density at radius 3 is 2.57 bits per heavy atom. The summed E-state index contributed by atoms with van der Waals surface area (Å²) in [5, 5.41) is 0. The lowest BCUT2D eigenvalue weighted by Crippen LogP contribution is -1.99. The molecule has 0 radical (unpaired) electrons. The van der Waals surface area contributed by atoms with Crippen LogP contribution in [0.3, 0.4) is 0 Å². The van der Waals surface area contributed by atoms with Gasteiger partial charge in [-0.25, -0.2) is 15.0 Å². The second-order valence-electron chi connectivity index (χ2n) is 5.03. The van der Waals surface area contributed by atoms with Crippen molar-refractivity contribution < 1.29 is 14.4 Å². The Kier molecular flexibility index (Phi) is 5.27. The predicted molar refractivity (Wildman–Crippen MR) is 79.7 cm³/mol. The highest BCUT2D eigenvalue weighted by Gasteiger charge is 2.11. The topological polar surface area (TPSA) is 127 Å². The van der Waals surface area contributed by atoms with Gasteiger partial charge in [-0.1, -0.05) is 19.3 Å². The Hall–Kier alpha value is -1.50. The molecule has 9 heteroatoms. The Morgan fingerprint density at radius 2 is 1.81 bits per heavy atom. The van der Waals surface area contributed by atoms with Crippen molar-refractivity contribution in [3.8, 4) is 0 Å². The standard InChI is InChI=1S/C12H20N5O3P/c13-11-10-12(15-8-14-11)17(9-16-10)6-4-2-1-3-5-7-21(18,19)20/h8-9H,1-7H2,(H2,13,14,15)(H2,18,19,20). The van der Waals surface area contributed by atoms with Gasteiger partial charge in [0.15, 0.2) is 11.5 Å². The van der Waals surface area contributed by atoms with Gasteiger partial charge < -0.3 is 20.1 Å². The number of nitrogens with zero attached hydrogens (tertiary/aromatic N) is 4. The first-order valence-electron chi connectivity index (χ1n) is 6.93. The molecule has 0 spiro atoms. The molecular weight excluding hydrogens is 293 g/mol. The summed E-state index contributed by atoms with van der Waals surface area (Å²) in [6.07, 6.45) is 7.46. The van der Waals surface area contributed by atoms with E-state index >= 15 is 0 Å². The lowest BCUT2D eigenvalue weighted by atomic mass is 10.1. The molecule has 0 aliphatic heterocycles. The number of rotatable bonds is 8. The zero-order valence-corrected chi connectivity index (χ0v) is 12.6. The minimum absolute atomic E-state index is 0.0185. The minimum atomic E-state index is -3.83. The van der Waals surface area contributed by atoms with E-state index in [1.807, 2.05) is 4.57 Å². The fraction of sp³-hybridized carbons (Fsp3) is 0.583. The van der Waals surface area contributed by atoms with Crippen LogP contribution in [-0.4, -0.2) is 35.5 Å². The molecular formula is C12H20N5O3P. The van der Waals surface area contributed by atoms with Gasteiger partial charge in [0.25, 0.3) is 0 Å². The maximum Gasteiger partial charge on any atom is 0.325 e. The van der Waals surface area contributed by atoms with Crippen LogP contribution < -0.4 is 5.73 Å². The Labute approximate surface area is 122 Å². The van der Waals surface area contributed by atoms with Crippen LogP contribution in [-0.2, 0) is 11.1 Å². The fourth-order valence-electron chi connectivity index (χ4n) is 2.19. The third-order valence-electron chi connectivity index (χ3n) is 3.28. The van der Waals surface area contributed by atoms with E-state index < -0.39 is 7.60 Å². The van der Waals surface area contributed by atoms with Gasteiger partial charge in [-0.2, -0.15) is 0 Å². The summed E-state index contributed by atoms with van der Waals surface area (Å²) >= 11 is 0. The molecule has 2 aromatic rings. The maximum absolute atomic E-state index is 10.7. The number of hydrogen-bond donors (Lipinski definition) is 3. The van der Waals surface area contributed by atoms with Crippen molar-refractivity contribution in [2.45, 2.75) is 38.6 Å². The number of hydrogen-bond acceptors (Lipinski definition) is 5. The normalized spacial score (nSPS) is 12.1. The molecule has 0 fully saturated rings. The summed E-state index contributed by atoms with van der Waals surface area (Å²) in [5.74, 6) is 0.385. The van der Waals surface area contributed by atoms with E-state index in [1.165, 1.54) is 6.33 Å². The van der Waals surface area contributed by atoms with E-state index in [0.29, 0.717) is 17.8 Å². The summed E-state index contributed by atoms with van der Waals surface area (Å²) < 4.78 is 12.6. The van der Waals surface area contributed by atoms with E-state index in [9.17, 15) is 4.57 Å². The molecule has 2 rings (SSSR count). The molecule has 21 heavy (non-hydrogen) atoms. The first kappa shape index (κ1) is 15.9. The Bertz CT molecular complexity index is 639. The molecule has 0 aromatic carbocycles. The maximum atomic E-state index is 10.7. The smallest absolute Gasteiger partial charge is 0.325 e. The summed E-state index contributed by atoms with van der Waals surface area (Å²) in [6, 6.07) is 0. The van der Waals surface area contributed by atoms with Gasteiger partial charge in [0, 0.05) is 12.7 Å². The number of fused-ring (bicyclic) bond motifs is 1. The molecule has 0 aliphatic carbocycles. The van der Waals surface area contributed by atoms with Crippen LogP contribution in [0, 0.1) is 0 Å². The number of imidazole rings is 1. The third-order valence-corrected chi connectivity index (χ3v) is 4.18. The largest absolute Gasteiger partial charge is 0.382 e. The lowest BCUT2D eigenvalue weighted by molar-refractivity contribution is 0.370. The van der Waals surface area contributed by atoms with E-state index in [1.54, 1.807) is 6.33 Å². The summed E-state index contributed by atoms with van der Waals surface area (Å²) in [7, 11) is -3.83. The van der Waals surface area contributed by atoms with Gasteiger partial charge >= 0.3 is 7.60 Å². The van der Waals surface area contributed by atoms with E-state index in [0.717, 1.165) is 37.9 Å². The second kappa shape index (κ2) is 6.98. The average molecular weight is 313 g/mol. The summed E-state index contributed by atoms with van der Waals surface area (Å²) in [6.45, 7) is 0.797. The number of unbranched alkanes of at least 4 members (excludes halogenated alkanes) is 4. The van der Waals surface area contributed by atoms with Crippen molar-refractivity contribution >= 4 is 24.6 Å². The fourth-order valence-corrected chi connectivity index (χ4v) is 2.83. The monoisotopic (exact) mass is 313 g/mol. The highest BCUT2D eigenvalue weighted by atomic mass is 31.2. The molecule has 116 valence electrons. The van der Waals surface area contributed by atoms with Crippen LogP contribution in [0.25, 0.3) is 11.2 Å². The highest BCUT2D eigenvalue weighted by Crippen LogP contribution is 2.35. The molecule has 0 saturated carbocycles. The second-order valence-corrected chi connectivity index (χ2v) is 6.80. The van der Waals surface area contributed by atoms with Crippen molar-refractivity contribution in [2.75, 3.05) is 11.9 Å². The molecule has 0 aliphatic rings. The van der Waals surface area contributed by atoms with Gasteiger partial charge in [-0.3, -0.25) is 4.57 Å². The molecule has 8 nitrogen and oxygen atoms in total. The van der Waals surface area contributed by atoms with Crippen LogP contribution in [0.4, 0.5) is 5.82 Å². The zero-order chi connectivity index (χ0) is 15.3. The zero-order valence-electron chi connectivity index (χ0n) is 11.7. The van der Waals surface area contributed by atoms with E-state index in [2.05, 4.69) is 15.0 Å². The van der Waals surface area contributed by atoms with E-state index in [-0.39, 0.29) is 6.16 Å². The Balaban J connectivity index is 1.71. The molecule has 2 heterocycles. The van der Waals surface area contributed by atoms with Crippen LogP contribution in [0.5, 0.6) is 0 Å². The predicted octanol–water partition coefficient (Wildman–Crippen LogP) is 1.54. The molecule has 0 atom stereocenters. The number of aromatic nitrogens is 4. The van der Waals surface area contributed by atoms with Crippen molar-refractivity contribution in [3.63, 3.8) is 0 Å². The number of anilines is 1. The number of aryl methyl sites for hydroxylation is 1. The van der Waals surface area contributed by atoms with Gasteiger partial charge in [0.1, 0.15) is 11.8 Å². The van der Waals surface area contributed by atoms with Crippen molar-refractivity contribution in [3.05, 3.63) is 12.7 Å². The van der Waals surface area contributed by atoms with Crippen molar-refractivity contribution in [1.82, 2.24) is 19.5 Å². The molecule has 2 aromatic heterocycles. The average Bonchev–Trinajstić information content (AvgIpc) is 2.81. The first-order chi connectivity index (χ1) is 9.97. The Morgan fingerprint density at radius 1 is 1.10 bits per heavy atom. The van der Waals surface area contributed by atoms with Crippen LogP contribution in [0.15, 0.2) is 12.7 Å². The molecule has 4 N–H and O–H groups in total. The van der Waals surface area contributed by atoms with Crippen LogP contribution in [0.2, 0.25) is 0 Å². The number of nitrogen functional groups attached to an aromatic ring is 1. The van der Waals surface area contributed by atoms with Crippen molar-refractivity contribution in [1.29, 1.82) is 0 Å².